The fourth-order valence-corrected chi connectivity index (χ4v) is 2.71. The molecule has 0 radical (unpaired) electrons. The molecule has 0 aromatic heterocycles. The summed E-state index contributed by atoms with van der Waals surface area (Å²) in [5, 5.41) is 5.49. The van der Waals surface area contributed by atoms with Gasteiger partial charge in [-0.05, 0) is 43.2 Å². The summed E-state index contributed by atoms with van der Waals surface area (Å²) in [5.41, 5.74) is 0.982. The van der Waals surface area contributed by atoms with Gasteiger partial charge in [-0.25, -0.2) is 4.79 Å². The Morgan fingerprint density at radius 2 is 1.82 bits per heavy atom. The Labute approximate surface area is 160 Å². The lowest BCUT2D eigenvalue weighted by Gasteiger charge is -2.11. The highest BCUT2D eigenvalue weighted by Crippen LogP contribution is 2.32. The minimum Gasteiger partial charge on any atom is -0.454 e. The highest BCUT2D eigenvalue weighted by atomic mass is 16.7. The first-order chi connectivity index (χ1) is 13.6. The summed E-state index contributed by atoms with van der Waals surface area (Å²) < 4.78 is 15.4. The van der Waals surface area contributed by atoms with E-state index in [9.17, 15) is 14.4 Å². The highest BCUT2D eigenvalue weighted by molar-refractivity contribution is 6.04. The van der Waals surface area contributed by atoms with Gasteiger partial charge in [0.05, 0.1) is 16.8 Å². The summed E-state index contributed by atoms with van der Waals surface area (Å²) in [4.78, 5) is 36.6. The zero-order valence-electron chi connectivity index (χ0n) is 14.9. The number of carbonyl (C=O) groups excluding carboxylic acids is 3. The number of carbonyl (C=O) groups is 3. The lowest BCUT2D eigenvalue weighted by atomic mass is 10.1. The van der Waals surface area contributed by atoms with Gasteiger partial charge >= 0.3 is 5.97 Å². The van der Waals surface area contributed by atoms with Crippen LogP contribution in [0.5, 0.6) is 11.5 Å². The van der Waals surface area contributed by atoms with E-state index in [0.717, 1.165) is 12.8 Å². The molecule has 0 bridgehead atoms. The maximum absolute atomic E-state index is 12.3. The van der Waals surface area contributed by atoms with Crippen LogP contribution in [0.1, 0.15) is 33.6 Å². The van der Waals surface area contributed by atoms with Crippen molar-refractivity contribution in [3.8, 4) is 11.5 Å². The monoisotopic (exact) mass is 382 g/mol. The van der Waals surface area contributed by atoms with Crippen LogP contribution in [0.2, 0.25) is 0 Å². The standard InChI is InChI=1S/C20H18N2O6/c23-18(10-26-20(25)12-5-8-16-17(9-12)28-11-27-16)22-15-4-2-1-3-14(15)19(24)21-13-6-7-13/h1-5,8-9,13H,6-7,10-11H2,(H,21,24)(H,22,23). The molecule has 28 heavy (non-hydrogen) atoms. The Kier molecular flexibility index (Phi) is 4.84. The number of fused-ring (bicyclic) bond motifs is 1. The quantitative estimate of drug-likeness (QED) is 0.742. The predicted octanol–water partition coefficient (Wildman–Crippen LogP) is 2.10. The Hall–Kier alpha value is -3.55. The number of nitrogens with one attached hydrogen (secondary N) is 2. The fraction of sp³-hybridized carbons (Fsp3) is 0.250. The van der Waals surface area contributed by atoms with Crippen LogP contribution in [0, 0.1) is 0 Å². The molecule has 0 saturated heterocycles. The van der Waals surface area contributed by atoms with E-state index < -0.39 is 18.5 Å². The van der Waals surface area contributed by atoms with E-state index in [1.165, 1.54) is 12.1 Å². The molecule has 0 atom stereocenters. The zero-order valence-corrected chi connectivity index (χ0v) is 14.9. The summed E-state index contributed by atoms with van der Waals surface area (Å²) in [5.74, 6) is -0.436. The van der Waals surface area contributed by atoms with Crippen LogP contribution in [0.3, 0.4) is 0 Å². The molecule has 1 aliphatic carbocycles. The number of anilines is 1. The predicted molar refractivity (Wildman–Crippen MR) is 98.4 cm³/mol. The third-order valence-electron chi connectivity index (χ3n) is 4.30. The third kappa shape index (κ3) is 4.06. The molecule has 1 fully saturated rings. The summed E-state index contributed by atoms with van der Waals surface area (Å²) >= 11 is 0. The zero-order chi connectivity index (χ0) is 19.5. The first-order valence-electron chi connectivity index (χ1n) is 8.86. The number of ether oxygens (including phenoxy) is 3. The van der Waals surface area contributed by atoms with Gasteiger partial charge in [0, 0.05) is 6.04 Å². The average Bonchev–Trinajstić information content (AvgIpc) is 3.39. The fourth-order valence-electron chi connectivity index (χ4n) is 2.71. The van der Waals surface area contributed by atoms with Crippen LogP contribution in [0.25, 0.3) is 0 Å². The Bertz CT molecular complexity index is 938. The second-order valence-electron chi connectivity index (χ2n) is 6.49. The first-order valence-corrected chi connectivity index (χ1v) is 8.86. The number of benzene rings is 2. The molecule has 2 aromatic rings. The molecule has 8 heteroatoms. The molecule has 8 nitrogen and oxygen atoms in total. The second kappa shape index (κ2) is 7.59. The summed E-state index contributed by atoms with van der Waals surface area (Å²) in [6.45, 7) is -0.379. The number of rotatable bonds is 6. The number of para-hydroxylation sites is 1. The van der Waals surface area contributed by atoms with Crippen LogP contribution < -0.4 is 20.1 Å². The van der Waals surface area contributed by atoms with Gasteiger partial charge in [-0.2, -0.15) is 0 Å². The van der Waals surface area contributed by atoms with Gasteiger partial charge in [-0.3, -0.25) is 9.59 Å². The molecule has 2 N–H and O–H groups in total. The third-order valence-corrected chi connectivity index (χ3v) is 4.30. The van der Waals surface area contributed by atoms with Crippen molar-refractivity contribution in [1.29, 1.82) is 0 Å². The SMILES string of the molecule is O=C(COC(=O)c1ccc2c(c1)OCO2)Nc1ccccc1C(=O)NC1CC1. The van der Waals surface area contributed by atoms with Gasteiger partial charge in [-0.1, -0.05) is 12.1 Å². The molecule has 1 saturated carbocycles. The van der Waals surface area contributed by atoms with Crippen LogP contribution in [0.15, 0.2) is 42.5 Å². The second-order valence-corrected chi connectivity index (χ2v) is 6.49. The Morgan fingerprint density at radius 1 is 1.04 bits per heavy atom. The van der Waals surface area contributed by atoms with Crippen LogP contribution in [-0.2, 0) is 9.53 Å². The van der Waals surface area contributed by atoms with E-state index in [1.54, 1.807) is 30.3 Å². The van der Waals surface area contributed by atoms with E-state index in [1.807, 2.05) is 0 Å². The summed E-state index contributed by atoms with van der Waals surface area (Å²) in [6, 6.07) is 11.5. The van der Waals surface area contributed by atoms with Crippen LogP contribution >= 0.6 is 0 Å². The molecular formula is C20H18N2O6. The molecule has 144 valence electrons. The van der Waals surface area contributed by atoms with Gasteiger partial charge in [-0.15, -0.1) is 0 Å². The molecular weight excluding hydrogens is 364 g/mol. The molecule has 2 aromatic carbocycles. The lowest BCUT2D eigenvalue weighted by molar-refractivity contribution is -0.119. The lowest BCUT2D eigenvalue weighted by Crippen LogP contribution is -2.28. The largest absolute Gasteiger partial charge is 0.454 e. The van der Waals surface area contributed by atoms with Gasteiger partial charge in [0.15, 0.2) is 18.1 Å². The van der Waals surface area contributed by atoms with Gasteiger partial charge < -0.3 is 24.8 Å². The van der Waals surface area contributed by atoms with E-state index in [4.69, 9.17) is 14.2 Å². The van der Waals surface area contributed by atoms with E-state index >= 15 is 0 Å². The van der Waals surface area contributed by atoms with Crippen LogP contribution in [-0.4, -0.2) is 37.2 Å². The number of hydrogen-bond donors (Lipinski definition) is 2. The molecule has 2 aliphatic rings. The Balaban J connectivity index is 1.34. The minimum absolute atomic E-state index is 0.101. The smallest absolute Gasteiger partial charge is 0.338 e. The topological polar surface area (TPSA) is 103 Å². The molecule has 1 heterocycles. The first kappa shape index (κ1) is 17.8. The van der Waals surface area contributed by atoms with Crippen molar-refractivity contribution in [2.75, 3.05) is 18.7 Å². The maximum atomic E-state index is 12.3. The molecule has 0 spiro atoms. The maximum Gasteiger partial charge on any atom is 0.338 e. The summed E-state index contributed by atoms with van der Waals surface area (Å²) in [7, 11) is 0. The van der Waals surface area contributed by atoms with Crippen molar-refractivity contribution in [3.63, 3.8) is 0 Å². The molecule has 2 amide bonds. The van der Waals surface area contributed by atoms with E-state index in [2.05, 4.69) is 10.6 Å². The van der Waals surface area contributed by atoms with Gasteiger partial charge in [0.2, 0.25) is 6.79 Å². The molecule has 4 rings (SSSR count). The van der Waals surface area contributed by atoms with E-state index in [0.29, 0.717) is 22.7 Å². The van der Waals surface area contributed by atoms with Crippen molar-refractivity contribution < 1.29 is 28.6 Å². The van der Waals surface area contributed by atoms with Gasteiger partial charge in [0.1, 0.15) is 0 Å². The molecule has 0 unspecified atom stereocenters. The van der Waals surface area contributed by atoms with Crippen molar-refractivity contribution >= 4 is 23.5 Å². The number of amides is 2. The van der Waals surface area contributed by atoms with E-state index in [-0.39, 0.29) is 24.3 Å². The van der Waals surface area contributed by atoms with Crippen molar-refractivity contribution in [3.05, 3.63) is 53.6 Å². The van der Waals surface area contributed by atoms with Crippen LogP contribution in [0.4, 0.5) is 5.69 Å². The number of hydrogen-bond acceptors (Lipinski definition) is 6. The van der Waals surface area contributed by atoms with Gasteiger partial charge in [0.25, 0.3) is 11.8 Å². The highest BCUT2D eigenvalue weighted by Gasteiger charge is 2.25. The van der Waals surface area contributed by atoms with Crippen molar-refractivity contribution in [2.24, 2.45) is 0 Å². The number of esters is 1. The summed E-state index contributed by atoms with van der Waals surface area (Å²) in [6.07, 6.45) is 1.94. The minimum atomic E-state index is -0.659. The molecule has 1 aliphatic heterocycles. The average molecular weight is 382 g/mol. The van der Waals surface area contributed by atoms with Crippen molar-refractivity contribution in [2.45, 2.75) is 18.9 Å². The van der Waals surface area contributed by atoms with Crippen molar-refractivity contribution in [1.82, 2.24) is 5.32 Å². The Morgan fingerprint density at radius 3 is 2.64 bits per heavy atom. The normalized spacial score (nSPS) is 14.3.